The third-order valence-corrected chi connectivity index (χ3v) is 5.23. The van der Waals surface area contributed by atoms with Crippen molar-refractivity contribution < 1.29 is 0 Å². The van der Waals surface area contributed by atoms with E-state index in [1.807, 2.05) is 24.3 Å². The zero-order valence-electron chi connectivity index (χ0n) is 14.2. The van der Waals surface area contributed by atoms with Gasteiger partial charge in [-0.3, -0.25) is 0 Å². The molecule has 2 nitrogen and oxygen atoms in total. The van der Waals surface area contributed by atoms with Gasteiger partial charge in [-0.15, -0.1) is 12.4 Å². The van der Waals surface area contributed by atoms with Crippen LogP contribution in [-0.2, 0) is 13.1 Å². The van der Waals surface area contributed by atoms with E-state index in [2.05, 4.69) is 34.9 Å². The molecule has 1 fully saturated rings. The highest BCUT2D eigenvalue weighted by Gasteiger charge is 2.24. The molecule has 0 amide bonds. The Morgan fingerprint density at radius 3 is 1.40 bits per heavy atom. The van der Waals surface area contributed by atoms with E-state index in [9.17, 15) is 0 Å². The average molecular weight is 400 g/mol. The molecule has 2 unspecified atom stereocenters. The van der Waals surface area contributed by atoms with Crippen molar-refractivity contribution >= 4 is 35.6 Å². The number of hydrogen-bond acceptors (Lipinski definition) is 2. The predicted octanol–water partition coefficient (Wildman–Crippen LogP) is 5.61. The normalized spacial score (nSPS) is 20.1. The molecule has 3 rings (SSSR count). The molecule has 2 aromatic rings. The minimum atomic E-state index is 0. The van der Waals surface area contributed by atoms with Crippen molar-refractivity contribution in [1.82, 2.24) is 10.6 Å². The van der Waals surface area contributed by atoms with Crippen molar-refractivity contribution in [2.45, 2.75) is 50.9 Å². The quantitative estimate of drug-likeness (QED) is 0.660. The highest BCUT2D eigenvalue weighted by Crippen LogP contribution is 2.20. The lowest BCUT2D eigenvalue weighted by Crippen LogP contribution is -2.49. The molecule has 0 spiro atoms. The lowest BCUT2D eigenvalue weighted by Gasteiger charge is -2.33. The Labute approximate surface area is 166 Å². The highest BCUT2D eigenvalue weighted by atomic mass is 35.5. The summed E-state index contributed by atoms with van der Waals surface area (Å²) in [5.41, 5.74) is 2.56. The van der Waals surface area contributed by atoms with Crippen LogP contribution in [0.1, 0.15) is 36.8 Å². The van der Waals surface area contributed by atoms with Crippen molar-refractivity contribution in [2.24, 2.45) is 0 Å². The van der Waals surface area contributed by atoms with Gasteiger partial charge in [0, 0.05) is 35.2 Å². The number of nitrogens with one attached hydrogen (secondary N) is 2. The Kier molecular flexibility index (Phi) is 8.54. The third-order valence-electron chi connectivity index (χ3n) is 4.73. The fourth-order valence-corrected chi connectivity index (χ4v) is 3.57. The summed E-state index contributed by atoms with van der Waals surface area (Å²) in [5, 5.41) is 9.03. The molecule has 0 bridgehead atoms. The van der Waals surface area contributed by atoms with Gasteiger partial charge in [-0.25, -0.2) is 0 Å². The van der Waals surface area contributed by atoms with Crippen LogP contribution in [0.15, 0.2) is 48.5 Å². The first-order chi connectivity index (χ1) is 11.7. The largest absolute Gasteiger partial charge is 0.308 e. The molecular weight excluding hydrogens is 375 g/mol. The zero-order chi connectivity index (χ0) is 16.8. The number of rotatable bonds is 6. The van der Waals surface area contributed by atoms with Gasteiger partial charge in [-0.05, 0) is 48.2 Å². The SMILES string of the molecule is Cl.Clc1ccc(CNC2CCCCC2NCc2ccc(Cl)cc2)cc1. The summed E-state index contributed by atoms with van der Waals surface area (Å²) >= 11 is 11.9. The lowest BCUT2D eigenvalue weighted by atomic mass is 9.90. The summed E-state index contributed by atoms with van der Waals surface area (Å²) < 4.78 is 0. The van der Waals surface area contributed by atoms with Crippen LogP contribution in [0.4, 0.5) is 0 Å². The lowest BCUT2D eigenvalue weighted by molar-refractivity contribution is 0.281. The molecule has 1 saturated carbocycles. The summed E-state index contributed by atoms with van der Waals surface area (Å²) in [5.74, 6) is 0. The second-order valence-electron chi connectivity index (χ2n) is 6.51. The fraction of sp³-hybridized carbons (Fsp3) is 0.400. The van der Waals surface area contributed by atoms with Crippen LogP contribution in [0.25, 0.3) is 0 Å². The van der Waals surface area contributed by atoms with E-state index in [4.69, 9.17) is 23.2 Å². The second-order valence-corrected chi connectivity index (χ2v) is 7.39. The molecule has 0 heterocycles. The molecule has 1 aliphatic carbocycles. The number of hydrogen-bond donors (Lipinski definition) is 2. The molecule has 1 aliphatic rings. The van der Waals surface area contributed by atoms with E-state index in [1.165, 1.54) is 36.8 Å². The van der Waals surface area contributed by atoms with E-state index >= 15 is 0 Å². The topological polar surface area (TPSA) is 24.1 Å². The second kappa shape index (κ2) is 10.4. The van der Waals surface area contributed by atoms with Gasteiger partial charge in [0.1, 0.15) is 0 Å². The predicted molar refractivity (Wildman–Crippen MR) is 110 cm³/mol. The Hall–Kier alpha value is -0.770. The van der Waals surface area contributed by atoms with E-state index in [-0.39, 0.29) is 12.4 Å². The van der Waals surface area contributed by atoms with Crippen molar-refractivity contribution in [1.29, 1.82) is 0 Å². The van der Waals surface area contributed by atoms with E-state index in [0.717, 1.165) is 23.1 Å². The van der Waals surface area contributed by atoms with Crippen LogP contribution < -0.4 is 10.6 Å². The summed E-state index contributed by atoms with van der Waals surface area (Å²) in [6.07, 6.45) is 5.06. The number of benzene rings is 2. The molecule has 2 N–H and O–H groups in total. The molecule has 2 aromatic carbocycles. The summed E-state index contributed by atoms with van der Waals surface area (Å²) in [6, 6.07) is 17.2. The van der Waals surface area contributed by atoms with Crippen LogP contribution in [0, 0.1) is 0 Å². The maximum absolute atomic E-state index is 5.95. The number of halogens is 3. The minimum absolute atomic E-state index is 0. The first-order valence-corrected chi connectivity index (χ1v) is 9.42. The maximum Gasteiger partial charge on any atom is 0.0406 e. The molecule has 2 atom stereocenters. The molecule has 0 radical (unpaired) electrons. The minimum Gasteiger partial charge on any atom is -0.308 e. The Bertz CT molecular complexity index is 571. The Morgan fingerprint density at radius 2 is 1.04 bits per heavy atom. The molecule has 0 aliphatic heterocycles. The van der Waals surface area contributed by atoms with Crippen LogP contribution in [0.5, 0.6) is 0 Å². The standard InChI is InChI=1S/C20H24Cl2N2.ClH/c21-17-9-5-15(6-10-17)13-23-19-3-1-2-4-20(19)24-14-16-7-11-18(22)12-8-16;/h5-12,19-20,23-24H,1-4,13-14H2;1H. The summed E-state index contributed by atoms with van der Waals surface area (Å²) in [7, 11) is 0. The van der Waals surface area contributed by atoms with Gasteiger partial charge < -0.3 is 10.6 Å². The van der Waals surface area contributed by atoms with Gasteiger partial charge in [-0.1, -0.05) is 60.3 Å². The first-order valence-electron chi connectivity index (χ1n) is 8.66. The van der Waals surface area contributed by atoms with E-state index in [0.29, 0.717) is 12.1 Å². The van der Waals surface area contributed by atoms with E-state index < -0.39 is 0 Å². The summed E-state index contributed by atoms with van der Waals surface area (Å²) in [6.45, 7) is 1.78. The highest BCUT2D eigenvalue weighted by molar-refractivity contribution is 6.30. The Morgan fingerprint density at radius 1 is 0.680 bits per heavy atom. The molecule has 0 aromatic heterocycles. The first kappa shape index (κ1) is 20.5. The molecule has 0 saturated heterocycles. The van der Waals surface area contributed by atoms with Crippen LogP contribution in [0.3, 0.4) is 0 Å². The van der Waals surface area contributed by atoms with Crippen molar-refractivity contribution in [2.75, 3.05) is 0 Å². The van der Waals surface area contributed by atoms with Gasteiger partial charge >= 0.3 is 0 Å². The fourth-order valence-electron chi connectivity index (χ4n) is 3.32. The molecular formula is C20H25Cl3N2. The summed E-state index contributed by atoms with van der Waals surface area (Å²) in [4.78, 5) is 0. The third kappa shape index (κ3) is 6.47. The maximum atomic E-state index is 5.95. The van der Waals surface area contributed by atoms with Gasteiger partial charge in [0.25, 0.3) is 0 Å². The van der Waals surface area contributed by atoms with Crippen molar-refractivity contribution in [3.63, 3.8) is 0 Å². The average Bonchev–Trinajstić information content (AvgIpc) is 2.61. The van der Waals surface area contributed by atoms with Crippen molar-refractivity contribution in [3.8, 4) is 0 Å². The molecule has 5 heteroatoms. The molecule has 136 valence electrons. The monoisotopic (exact) mass is 398 g/mol. The Balaban J connectivity index is 0.00000225. The van der Waals surface area contributed by atoms with Crippen LogP contribution in [-0.4, -0.2) is 12.1 Å². The van der Waals surface area contributed by atoms with Crippen LogP contribution >= 0.6 is 35.6 Å². The van der Waals surface area contributed by atoms with Crippen molar-refractivity contribution in [3.05, 3.63) is 69.7 Å². The zero-order valence-corrected chi connectivity index (χ0v) is 16.5. The van der Waals surface area contributed by atoms with E-state index in [1.54, 1.807) is 0 Å². The van der Waals surface area contributed by atoms with Gasteiger partial charge in [0.15, 0.2) is 0 Å². The van der Waals surface area contributed by atoms with Crippen LogP contribution in [0.2, 0.25) is 10.0 Å². The van der Waals surface area contributed by atoms with Gasteiger partial charge in [0.05, 0.1) is 0 Å². The molecule has 25 heavy (non-hydrogen) atoms. The van der Waals surface area contributed by atoms with Gasteiger partial charge in [0.2, 0.25) is 0 Å². The smallest absolute Gasteiger partial charge is 0.0406 e. The van der Waals surface area contributed by atoms with Gasteiger partial charge in [-0.2, -0.15) is 0 Å².